The molecule has 1 heterocycles. The molecule has 1 N–H and O–H groups in total. The second-order valence-electron chi connectivity index (χ2n) is 5.60. The first kappa shape index (κ1) is 16.3. The van der Waals surface area contributed by atoms with Crippen LogP contribution in [0, 0.1) is 18.8 Å². The number of fused-ring (bicyclic) bond motifs is 1. The van der Waals surface area contributed by atoms with Crippen LogP contribution in [0.4, 0.5) is 5.69 Å². The number of ether oxygens (including phenoxy) is 1. The molecule has 0 aliphatic heterocycles. The second kappa shape index (κ2) is 6.53. The molecule has 0 radical (unpaired) electrons. The quantitative estimate of drug-likeness (QED) is 0.655. The van der Waals surface area contributed by atoms with Crippen LogP contribution in [0.25, 0.3) is 10.9 Å². The highest BCUT2D eigenvalue weighted by atomic mass is 35.5. The van der Waals surface area contributed by atoms with E-state index in [1.165, 1.54) is 0 Å². The van der Waals surface area contributed by atoms with Crippen molar-refractivity contribution in [2.24, 2.45) is 5.18 Å². The van der Waals surface area contributed by atoms with Gasteiger partial charge in [0.1, 0.15) is 12.4 Å². The number of aromatic hydroxyl groups is 1. The molecule has 24 heavy (non-hydrogen) atoms. The molecule has 0 atom stereocenters. The van der Waals surface area contributed by atoms with Crippen molar-refractivity contribution in [2.75, 3.05) is 6.61 Å². The van der Waals surface area contributed by atoms with E-state index in [1.54, 1.807) is 22.8 Å². The van der Waals surface area contributed by atoms with E-state index in [0.717, 1.165) is 16.6 Å². The van der Waals surface area contributed by atoms with Crippen LogP contribution in [0.5, 0.6) is 11.6 Å². The summed E-state index contributed by atoms with van der Waals surface area (Å²) < 4.78 is 7.34. The topological polar surface area (TPSA) is 63.8 Å². The molecule has 5 nitrogen and oxygen atoms in total. The number of aromatic nitrogens is 1. The van der Waals surface area contributed by atoms with Gasteiger partial charge in [0, 0.05) is 5.39 Å². The number of hydrogen-bond acceptors (Lipinski definition) is 4. The van der Waals surface area contributed by atoms with Gasteiger partial charge in [-0.15, -0.1) is 4.91 Å². The van der Waals surface area contributed by atoms with Crippen LogP contribution >= 0.6 is 11.6 Å². The third-order valence-electron chi connectivity index (χ3n) is 4.19. The maximum atomic E-state index is 11.1. The summed E-state index contributed by atoms with van der Waals surface area (Å²) in [4.78, 5) is 11.1. The van der Waals surface area contributed by atoms with Crippen LogP contribution in [0.2, 0.25) is 5.02 Å². The zero-order chi connectivity index (χ0) is 17.3. The van der Waals surface area contributed by atoms with Gasteiger partial charge >= 0.3 is 0 Å². The van der Waals surface area contributed by atoms with E-state index in [-0.39, 0.29) is 11.6 Å². The third kappa shape index (κ3) is 2.71. The summed E-state index contributed by atoms with van der Waals surface area (Å²) >= 11 is 6.07. The molecule has 3 aromatic rings. The first-order chi connectivity index (χ1) is 11.5. The second-order valence-corrected chi connectivity index (χ2v) is 6.00. The summed E-state index contributed by atoms with van der Waals surface area (Å²) in [6, 6.07) is 10.9. The van der Waals surface area contributed by atoms with Crippen LogP contribution in [0.1, 0.15) is 11.1 Å². The Morgan fingerprint density at radius 1 is 1.21 bits per heavy atom. The molecule has 0 aliphatic rings. The molecule has 0 saturated heterocycles. The van der Waals surface area contributed by atoms with E-state index in [1.807, 2.05) is 32.0 Å². The van der Waals surface area contributed by atoms with Crippen molar-refractivity contribution in [2.45, 2.75) is 20.4 Å². The highest BCUT2D eigenvalue weighted by Gasteiger charge is 2.19. The fraction of sp³-hybridized carbons (Fsp3) is 0.222. The van der Waals surface area contributed by atoms with Gasteiger partial charge in [-0.1, -0.05) is 35.9 Å². The van der Waals surface area contributed by atoms with E-state index >= 15 is 0 Å². The van der Waals surface area contributed by atoms with Gasteiger partial charge in [-0.3, -0.25) is 0 Å². The Hall–Kier alpha value is -2.53. The predicted octanol–water partition coefficient (Wildman–Crippen LogP) is 5.09. The van der Waals surface area contributed by atoms with Crippen molar-refractivity contribution in [1.29, 1.82) is 0 Å². The summed E-state index contributed by atoms with van der Waals surface area (Å²) in [6.07, 6.45) is 0. The maximum Gasteiger partial charge on any atom is 0.222 e. The Labute approximate surface area is 144 Å². The zero-order valence-electron chi connectivity index (χ0n) is 13.4. The molecule has 0 saturated carbocycles. The normalized spacial score (nSPS) is 11.0. The molecule has 124 valence electrons. The molecule has 6 heteroatoms. The predicted molar refractivity (Wildman–Crippen MR) is 95.5 cm³/mol. The van der Waals surface area contributed by atoms with Crippen molar-refractivity contribution in [3.8, 4) is 11.6 Å². The van der Waals surface area contributed by atoms with Crippen molar-refractivity contribution >= 4 is 28.2 Å². The third-order valence-corrected chi connectivity index (χ3v) is 4.51. The molecular weight excluding hydrogens is 328 g/mol. The Morgan fingerprint density at radius 3 is 2.67 bits per heavy atom. The molecule has 3 rings (SSSR count). The standard InChI is InChI=1S/C18H17ClN2O3/c1-11-7-8-13-16(20-23)18(22)21(17(13)12(11)2)9-10-24-15-6-4-3-5-14(15)19/h3-8,22H,9-10H2,1-2H3. The zero-order valence-corrected chi connectivity index (χ0v) is 14.2. The van der Waals surface area contributed by atoms with Gasteiger partial charge in [-0.2, -0.15) is 0 Å². The lowest BCUT2D eigenvalue weighted by Gasteiger charge is -2.12. The molecule has 1 aromatic heterocycles. The van der Waals surface area contributed by atoms with Crippen LogP contribution in [-0.4, -0.2) is 16.3 Å². The molecule has 0 spiro atoms. The van der Waals surface area contributed by atoms with Crippen molar-refractivity contribution in [3.63, 3.8) is 0 Å². The summed E-state index contributed by atoms with van der Waals surface area (Å²) in [5.74, 6) is 0.438. The minimum absolute atomic E-state index is 0.0610. The average Bonchev–Trinajstić information content (AvgIpc) is 2.85. The Kier molecular flexibility index (Phi) is 4.44. The molecule has 0 amide bonds. The van der Waals surface area contributed by atoms with Crippen molar-refractivity contribution < 1.29 is 9.84 Å². The Balaban J connectivity index is 1.94. The lowest BCUT2D eigenvalue weighted by atomic mass is 10.1. The van der Waals surface area contributed by atoms with Crippen LogP contribution in [-0.2, 0) is 6.54 Å². The van der Waals surface area contributed by atoms with Gasteiger partial charge in [0.25, 0.3) is 0 Å². The van der Waals surface area contributed by atoms with Gasteiger partial charge in [-0.25, -0.2) is 0 Å². The maximum absolute atomic E-state index is 11.1. The van der Waals surface area contributed by atoms with Gasteiger partial charge < -0.3 is 14.4 Å². The minimum Gasteiger partial charge on any atom is -0.493 e. The number of hydrogen-bond donors (Lipinski definition) is 1. The monoisotopic (exact) mass is 344 g/mol. The summed E-state index contributed by atoms with van der Waals surface area (Å²) in [6.45, 7) is 4.61. The molecule has 0 fully saturated rings. The van der Waals surface area contributed by atoms with E-state index < -0.39 is 0 Å². The van der Waals surface area contributed by atoms with Gasteiger partial charge in [0.2, 0.25) is 5.88 Å². The van der Waals surface area contributed by atoms with Crippen LogP contribution in [0.3, 0.4) is 0 Å². The number of nitroso groups, excluding NO2 is 1. The molecule has 0 bridgehead atoms. The molecule has 0 aliphatic carbocycles. The Bertz CT molecular complexity index is 918. The largest absolute Gasteiger partial charge is 0.493 e. The van der Waals surface area contributed by atoms with E-state index in [2.05, 4.69) is 5.18 Å². The fourth-order valence-corrected chi connectivity index (χ4v) is 3.00. The first-order valence-corrected chi connectivity index (χ1v) is 7.94. The molecule has 0 unspecified atom stereocenters. The number of para-hydroxylation sites is 1. The Morgan fingerprint density at radius 2 is 1.96 bits per heavy atom. The number of halogens is 1. The van der Waals surface area contributed by atoms with E-state index in [0.29, 0.717) is 29.3 Å². The average molecular weight is 345 g/mol. The van der Waals surface area contributed by atoms with E-state index in [4.69, 9.17) is 16.3 Å². The smallest absolute Gasteiger partial charge is 0.222 e. The minimum atomic E-state index is -0.142. The number of rotatable bonds is 5. The lowest BCUT2D eigenvalue weighted by Crippen LogP contribution is -2.08. The summed E-state index contributed by atoms with van der Waals surface area (Å²) in [5.41, 5.74) is 2.93. The summed E-state index contributed by atoms with van der Waals surface area (Å²) in [7, 11) is 0. The van der Waals surface area contributed by atoms with Crippen molar-refractivity contribution in [1.82, 2.24) is 4.57 Å². The highest BCUT2D eigenvalue weighted by Crippen LogP contribution is 2.40. The number of aryl methyl sites for hydroxylation is 2. The van der Waals surface area contributed by atoms with Gasteiger partial charge in [-0.05, 0) is 42.3 Å². The van der Waals surface area contributed by atoms with Crippen molar-refractivity contribution in [3.05, 3.63) is 57.5 Å². The molecule has 2 aromatic carbocycles. The first-order valence-electron chi connectivity index (χ1n) is 7.56. The van der Waals surface area contributed by atoms with E-state index in [9.17, 15) is 10.0 Å². The molecular formula is C18H17ClN2O3. The summed E-state index contributed by atoms with van der Waals surface area (Å²) in [5, 5.41) is 14.5. The fourth-order valence-electron chi connectivity index (χ4n) is 2.81. The number of nitrogens with zero attached hydrogens (tertiary/aromatic N) is 2. The van der Waals surface area contributed by atoms with Gasteiger partial charge in [0.05, 0.1) is 17.1 Å². The SMILES string of the molecule is Cc1ccc2c(N=O)c(O)n(CCOc3ccccc3Cl)c2c1C. The lowest BCUT2D eigenvalue weighted by molar-refractivity contribution is 0.291. The van der Waals surface area contributed by atoms with Gasteiger partial charge in [0.15, 0.2) is 5.69 Å². The number of benzene rings is 2. The highest BCUT2D eigenvalue weighted by molar-refractivity contribution is 6.32. The van der Waals surface area contributed by atoms with Crippen LogP contribution < -0.4 is 4.74 Å². The van der Waals surface area contributed by atoms with Crippen LogP contribution in [0.15, 0.2) is 41.6 Å².